The molecular formula is C18H17F2N3O2. The first kappa shape index (κ1) is 17.0. The van der Waals surface area contributed by atoms with Crippen LogP contribution in [-0.4, -0.2) is 38.4 Å². The number of hydrogen-bond donors (Lipinski definition) is 1. The van der Waals surface area contributed by atoms with Crippen molar-refractivity contribution in [3.05, 3.63) is 65.2 Å². The number of nitrogens with one attached hydrogen (secondary N) is 1. The number of benzene rings is 2. The number of rotatable bonds is 4. The van der Waals surface area contributed by atoms with Gasteiger partial charge in [-0.3, -0.25) is 4.79 Å². The maximum Gasteiger partial charge on any atom is 0.274 e. The molecule has 0 bridgehead atoms. The van der Waals surface area contributed by atoms with Crippen LogP contribution in [0.25, 0.3) is 0 Å². The number of anilines is 1. The number of hydrazone groups is 1. The fourth-order valence-electron chi connectivity index (χ4n) is 2.54. The summed E-state index contributed by atoms with van der Waals surface area (Å²) in [5, 5.41) is 3.75. The molecule has 3 rings (SSSR count). The smallest absolute Gasteiger partial charge is 0.274 e. The first-order valence-electron chi connectivity index (χ1n) is 7.85. The van der Waals surface area contributed by atoms with Gasteiger partial charge in [0.2, 0.25) is 0 Å². The van der Waals surface area contributed by atoms with Gasteiger partial charge in [-0.1, -0.05) is 18.2 Å². The Morgan fingerprint density at radius 1 is 1.12 bits per heavy atom. The van der Waals surface area contributed by atoms with Crippen LogP contribution in [0.5, 0.6) is 0 Å². The van der Waals surface area contributed by atoms with Gasteiger partial charge in [-0.2, -0.15) is 5.10 Å². The number of carbonyl (C=O) groups excluding carboxylic acids is 1. The van der Waals surface area contributed by atoms with E-state index < -0.39 is 11.7 Å². The Labute approximate surface area is 143 Å². The molecule has 1 aliphatic heterocycles. The van der Waals surface area contributed by atoms with Gasteiger partial charge in [-0.25, -0.2) is 14.2 Å². The van der Waals surface area contributed by atoms with Crippen LogP contribution in [0.15, 0.2) is 47.6 Å². The Hall–Kier alpha value is -2.80. The highest BCUT2D eigenvalue weighted by Crippen LogP contribution is 2.21. The lowest BCUT2D eigenvalue weighted by molar-refractivity contribution is 0.0951. The molecule has 25 heavy (non-hydrogen) atoms. The third-order valence-corrected chi connectivity index (χ3v) is 3.82. The molecular weight excluding hydrogens is 328 g/mol. The van der Waals surface area contributed by atoms with E-state index in [9.17, 15) is 13.6 Å². The monoisotopic (exact) mass is 345 g/mol. The maximum absolute atomic E-state index is 14.3. The van der Waals surface area contributed by atoms with Crippen LogP contribution in [0, 0.1) is 11.6 Å². The molecule has 1 amide bonds. The molecule has 2 aromatic carbocycles. The van der Waals surface area contributed by atoms with Gasteiger partial charge in [-0.15, -0.1) is 0 Å². The van der Waals surface area contributed by atoms with Crippen LogP contribution >= 0.6 is 0 Å². The number of halogens is 2. The first-order valence-corrected chi connectivity index (χ1v) is 7.85. The summed E-state index contributed by atoms with van der Waals surface area (Å²) in [7, 11) is 0. The summed E-state index contributed by atoms with van der Waals surface area (Å²) in [5.41, 5.74) is 3.12. The van der Waals surface area contributed by atoms with Crippen LogP contribution in [-0.2, 0) is 4.74 Å². The molecule has 1 aliphatic rings. The van der Waals surface area contributed by atoms with Gasteiger partial charge in [0.15, 0.2) is 0 Å². The molecule has 0 saturated carbocycles. The zero-order chi connectivity index (χ0) is 17.6. The molecule has 0 radical (unpaired) electrons. The van der Waals surface area contributed by atoms with E-state index in [0.29, 0.717) is 37.6 Å². The Balaban J connectivity index is 1.64. The van der Waals surface area contributed by atoms with Gasteiger partial charge >= 0.3 is 0 Å². The highest BCUT2D eigenvalue weighted by molar-refractivity contribution is 5.95. The lowest BCUT2D eigenvalue weighted by Gasteiger charge is -2.29. The van der Waals surface area contributed by atoms with Crippen LogP contribution in [0.4, 0.5) is 14.5 Å². The van der Waals surface area contributed by atoms with Crippen molar-refractivity contribution in [1.29, 1.82) is 0 Å². The minimum absolute atomic E-state index is 0.103. The van der Waals surface area contributed by atoms with Crippen molar-refractivity contribution >= 4 is 17.8 Å². The molecule has 5 nitrogen and oxygen atoms in total. The molecule has 1 saturated heterocycles. The summed E-state index contributed by atoms with van der Waals surface area (Å²) in [4.78, 5) is 13.7. The van der Waals surface area contributed by atoms with Crippen LogP contribution in [0.3, 0.4) is 0 Å². The van der Waals surface area contributed by atoms with E-state index in [0.717, 1.165) is 0 Å². The minimum Gasteiger partial charge on any atom is -0.378 e. The topological polar surface area (TPSA) is 53.9 Å². The number of hydrogen-bond acceptors (Lipinski definition) is 4. The van der Waals surface area contributed by atoms with E-state index in [1.54, 1.807) is 18.2 Å². The van der Waals surface area contributed by atoms with E-state index in [2.05, 4.69) is 10.5 Å². The first-order chi connectivity index (χ1) is 12.1. The van der Waals surface area contributed by atoms with Gasteiger partial charge in [0.05, 0.1) is 30.7 Å². The van der Waals surface area contributed by atoms with Crippen molar-refractivity contribution in [1.82, 2.24) is 5.43 Å². The van der Waals surface area contributed by atoms with E-state index in [-0.39, 0.29) is 11.4 Å². The highest BCUT2D eigenvalue weighted by Gasteiger charge is 2.15. The average molecular weight is 345 g/mol. The van der Waals surface area contributed by atoms with Crippen molar-refractivity contribution in [2.45, 2.75) is 0 Å². The quantitative estimate of drug-likeness (QED) is 0.684. The second kappa shape index (κ2) is 7.85. The summed E-state index contributed by atoms with van der Waals surface area (Å²) < 4.78 is 33.0. The number of ether oxygens (including phenoxy) is 1. The van der Waals surface area contributed by atoms with E-state index in [4.69, 9.17) is 4.74 Å². The molecule has 1 fully saturated rings. The SMILES string of the molecule is O=C(N/N=C\c1ccc(N2CCOCC2)c(F)c1)c1ccccc1F. The second-order valence-corrected chi connectivity index (χ2v) is 5.49. The second-order valence-electron chi connectivity index (χ2n) is 5.49. The Morgan fingerprint density at radius 3 is 2.60 bits per heavy atom. The van der Waals surface area contributed by atoms with Crippen molar-refractivity contribution < 1.29 is 18.3 Å². The number of morpholine rings is 1. The van der Waals surface area contributed by atoms with Gasteiger partial charge in [0.25, 0.3) is 5.91 Å². The van der Waals surface area contributed by atoms with Gasteiger partial charge in [0.1, 0.15) is 11.6 Å². The standard InChI is InChI=1S/C18H17F2N3O2/c19-15-4-2-1-3-14(15)18(24)22-21-12-13-5-6-17(16(20)11-13)23-7-9-25-10-8-23/h1-6,11-12H,7-10H2,(H,22,24)/b21-12-. The minimum atomic E-state index is -0.667. The normalized spacial score (nSPS) is 14.7. The highest BCUT2D eigenvalue weighted by atomic mass is 19.1. The molecule has 0 unspecified atom stereocenters. The zero-order valence-corrected chi connectivity index (χ0v) is 13.4. The molecule has 0 atom stereocenters. The van der Waals surface area contributed by atoms with Crippen LogP contribution in [0.1, 0.15) is 15.9 Å². The van der Waals surface area contributed by atoms with E-state index >= 15 is 0 Å². The largest absolute Gasteiger partial charge is 0.378 e. The lowest BCUT2D eigenvalue weighted by atomic mass is 10.2. The summed E-state index contributed by atoms with van der Waals surface area (Å²) >= 11 is 0. The van der Waals surface area contributed by atoms with Crippen LogP contribution in [0.2, 0.25) is 0 Å². The van der Waals surface area contributed by atoms with Crippen molar-refractivity contribution in [2.24, 2.45) is 5.10 Å². The van der Waals surface area contributed by atoms with Crippen molar-refractivity contribution in [3.8, 4) is 0 Å². The van der Waals surface area contributed by atoms with Gasteiger partial charge in [-0.05, 0) is 29.8 Å². The summed E-state index contributed by atoms with van der Waals surface area (Å²) in [6.07, 6.45) is 1.31. The Kier molecular flexibility index (Phi) is 5.35. The summed E-state index contributed by atoms with van der Waals surface area (Å²) in [6.45, 7) is 2.43. The third kappa shape index (κ3) is 4.19. The van der Waals surface area contributed by atoms with Gasteiger partial charge in [0, 0.05) is 13.1 Å². The lowest BCUT2D eigenvalue weighted by Crippen LogP contribution is -2.36. The predicted octanol–water partition coefficient (Wildman–Crippen LogP) is 2.57. The molecule has 2 aromatic rings. The summed E-state index contributed by atoms with van der Waals surface area (Å²) in [5.74, 6) is -1.66. The molecule has 0 aromatic heterocycles. The van der Waals surface area contributed by atoms with Crippen LogP contribution < -0.4 is 10.3 Å². The average Bonchev–Trinajstić information content (AvgIpc) is 2.63. The number of amides is 1. The zero-order valence-electron chi connectivity index (χ0n) is 13.4. The van der Waals surface area contributed by atoms with Gasteiger partial charge < -0.3 is 9.64 Å². The number of nitrogens with zero attached hydrogens (tertiary/aromatic N) is 2. The Morgan fingerprint density at radius 2 is 1.88 bits per heavy atom. The fraction of sp³-hybridized carbons (Fsp3) is 0.222. The van der Waals surface area contributed by atoms with Crippen molar-refractivity contribution in [2.75, 3.05) is 31.2 Å². The molecule has 7 heteroatoms. The fourth-order valence-corrected chi connectivity index (χ4v) is 2.54. The molecule has 130 valence electrons. The molecule has 0 aliphatic carbocycles. The van der Waals surface area contributed by atoms with E-state index in [1.165, 1.54) is 30.5 Å². The maximum atomic E-state index is 14.3. The van der Waals surface area contributed by atoms with E-state index in [1.807, 2.05) is 4.90 Å². The molecule has 1 heterocycles. The molecule has 0 spiro atoms. The number of carbonyl (C=O) groups is 1. The Bertz CT molecular complexity index is 790. The van der Waals surface area contributed by atoms with Crippen molar-refractivity contribution in [3.63, 3.8) is 0 Å². The molecule has 1 N–H and O–H groups in total. The summed E-state index contributed by atoms with van der Waals surface area (Å²) in [6, 6.07) is 10.3. The predicted molar refractivity (Wildman–Crippen MR) is 90.9 cm³/mol. The third-order valence-electron chi connectivity index (χ3n) is 3.82.